The lowest BCUT2D eigenvalue weighted by Crippen LogP contribution is -2.30. The van der Waals surface area contributed by atoms with Crippen LogP contribution < -0.4 is 4.31 Å². The smallest absolute Gasteiger partial charge is 0.303 e. The largest absolute Gasteiger partial charge is 0.481 e. The molecule has 0 radical (unpaired) electrons. The number of sulfonamides is 1. The predicted molar refractivity (Wildman–Crippen MR) is 112 cm³/mol. The van der Waals surface area contributed by atoms with Gasteiger partial charge in [-0.25, -0.2) is 8.42 Å². The van der Waals surface area contributed by atoms with Crippen molar-refractivity contribution in [1.29, 1.82) is 0 Å². The molecular weight excluding hydrogens is 386 g/mol. The first-order valence-electron chi connectivity index (χ1n) is 9.46. The molecule has 1 aliphatic heterocycles. The quantitative estimate of drug-likeness (QED) is 0.652. The molecule has 29 heavy (non-hydrogen) atoms. The third-order valence-corrected chi connectivity index (χ3v) is 7.06. The van der Waals surface area contributed by atoms with Gasteiger partial charge in [-0.3, -0.25) is 9.10 Å². The molecule has 0 amide bonds. The van der Waals surface area contributed by atoms with Crippen LogP contribution in [0.2, 0.25) is 0 Å². The van der Waals surface area contributed by atoms with Crippen molar-refractivity contribution in [3.63, 3.8) is 0 Å². The van der Waals surface area contributed by atoms with E-state index in [4.69, 9.17) is 5.11 Å². The minimum atomic E-state index is -3.72. The van der Waals surface area contributed by atoms with Crippen molar-refractivity contribution in [2.75, 3.05) is 10.8 Å². The summed E-state index contributed by atoms with van der Waals surface area (Å²) in [6, 6.07) is 23.9. The number of hydrogen-bond acceptors (Lipinski definition) is 3. The summed E-state index contributed by atoms with van der Waals surface area (Å²) in [7, 11) is -3.72. The standard InChI is InChI=1S/C23H21NO4S/c25-23(26)14-12-19-16-24(29(27,28)20-9-5-2-6-10-20)22-13-11-18(15-21(19)22)17-7-3-1-4-8-17/h1-11,13,15,19H,12,14,16H2,(H,25,26). The van der Waals surface area contributed by atoms with Crippen LogP contribution >= 0.6 is 0 Å². The molecule has 148 valence electrons. The number of carboxylic acids is 1. The molecule has 0 bridgehead atoms. The third kappa shape index (κ3) is 3.76. The van der Waals surface area contributed by atoms with Crippen LogP contribution in [0.4, 0.5) is 5.69 Å². The zero-order valence-corrected chi connectivity index (χ0v) is 16.5. The predicted octanol–water partition coefficient (Wildman–Crippen LogP) is 4.51. The highest BCUT2D eigenvalue weighted by molar-refractivity contribution is 7.92. The van der Waals surface area contributed by atoms with Crippen molar-refractivity contribution in [1.82, 2.24) is 0 Å². The molecule has 0 aromatic heterocycles. The second-order valence-corrected chi connectivity index (χ2v) is 8.98. The van der Waals surface area contributed by atoms with E-state index in [1.165, 1.54) is 4.31 Å². The monoisotopic (exact) mass is 407 g/mol. The molecule has 0 aliphatic carbocycles. The van der Waals surface area contributed by atoms with Gasteiger partial charge < -0.3 is 5.11 Å². The van der Waals surface area contributed by atoms with Crippen LogP contribution in [0.1, 0.15) is 24.3 Å². The van der Waals surface area contributed by atoms with Crippen molar-refractivity contribution in [2.24, 2.45) is 0 Å². The lowest BCUT2D eigenvalue weighted by molar-refractivity contribution is -0.137. The van der Waals surface area contributed by atoms with Gasteiger partial charge in [-0.15, -0.1) is 0 Å². The molecule has 3 aromatic rings. The molecule has 0 spiro atoms. The Morgan fingerprint density at radius 2 is 1.59 bits per heavy atom. The Bertz CT molecular complexity index is 1130. The summed E-state index contributed by atoms with van der Waals surface area (Å²) in [5, 5.41) is 9.13. The molecule has 4 rings (SSSR count). The molecule has 1 heterocycles. The fraction of sp³-hybridized carbons (Fsp3) is 0.174. The van der Waals surface area contributed by atoms with Gasteiger partial charge in [0.25, 0.3) is 10.0 Å². The van der Waals surface area contributed by atoms with Gasteiger partial charge in [-0.2, -0.15) is 0 Å². The van der Waals surface area contributed by atoms with Crippen LogP contribution in [0.25, 0.3) is 11.1 Å². The van der Waals surface area contributed by atoms with E-state index in [9.17, 15) is 13.2 Å². The van der Waals surface area contributed by atoms with Gasteiger partial charge in [0, 0.05) is 18.9 Å². The lowest BCUT2D eigenvalue weighted by atomic mass is 9.93. The van der Waals surface area contributed by atoms with Crippen LogP contribution in [-0.4, -0.2) is 26.0 Å². The minimum absolute atomic E-state index is 0.00110. The average Bonchev–Trinajstić information content (AvgIpc) is 3.12. The van der Waals surface area contributed by atoms with Crippen LogP contribution in [-0.2, 0) is 14.8 Å². The van der Waals surface area contributed by atoms with Gasteiger partial charge >= 0.3 is 5.97 Å². The van der Waals surface area contributed by atoms with Crippen molar-refractivity contribution in [3.8, 4) is 11.1 Å². The maximum Gasteiger partial charge on any atom is 0.303 e. The van der Waals surface area contributed by atoms with Crippen LogP contribution in [0.3, 0.4) is 0 Å². The SMILES string of the molecule is O=C(O)CCC1CN(S(=O)(=O)c2ccccc2)c2ccc(-c3ccccc3)cc21. The van der Waals surface area contributed by atoms with Crippen molar-refractivity contribution >= 4 is 21.7 Å². The van der Waals surface area contributed by atoms with Gasteiger partial charge in [-0.05, 0) is 47.4 Å². The summed E-state index contributed by atoms with van der Waals surface area (Å²) in [6.07, 6.45) is 0.389. The summed E-state index contributed by atoms with van der Waals surface area (Å²) in [5.74, 6) is -1.04. The summed E-state index contributed by atoms with van der Waals surface area (Å²) < 4.78 is 27.9. The molecule has 3 aromatic carbocycles. The first kappa shape index (κ1) is 19.2. The van der Waals surface area contributed by atoms with E-state index in [2.05, 4.69) is 0 Å². The topological polar surface area (TPSA) is 74.7 Å². The molecule has 1 aliphatic rings. The second kappa shape index (κ2) is 7.72. The van der Waals surface area contributed by atoms with Gasteiger partial charge in [0.05, 0.1) is 10.6 Å². The van der Waals surface area contributed by atoms with Gasteiger partial charge in [0.2, 0.25) is 0 Å². The highest BCUT2D eigenvalue weighted by Crippen LogP contribution is 2.43. The zero-order valence-electron chi connectivity index (χ0n) is 15.7. The van der Waals surface area contributed by atoms with E-state index in [1.54, 1.807) is 30.3 Å². The van der Waals surface area contributed by atoms with E-state index < -0.39 is 16.0 Å². The average molecular weight is 407 g/mol. The van der Waals surface area contributed by atoms with Gasteiger partial charge in [0.1, 0.15) is 0 Å². The van der Waals surface area contributed by atoms with Gasteiger partial charge in [0.15, 0.2) is 0 Å². The maximum atomic E-state index is 13.2. The fourth-order valence-corrected chi connectivity index (χ4v) is 5.36. The number of carbonyl (C=O) groups is 1. The Hall–Kier alpha value is -3.12. The first-order valence-corrected chi connectivity index (χ1v) is 10.9. The summed E-state index contributed by atoms with van der Waals surface area (Å²) in [5.41, 5.74) is 3.54. The molecule has 5 nitrogen and oxygen atoms in total. The highest BCUT2D eigenvalue weighted by atomic mass is 32.2. The highest BCUT2D eigenvalue weighted by Gasteiger charge is 2.36. The maximum absolute atomic E-state index is 13.2. The van der Waals surface area contributed by atoms with Crippen molar-refractivity contribution in [2.45, 2.75) is 23.7 Å². The first-order chi connectivity index (χ1) is 14.0. The van der Waals surface area contributed by atoms with E-state index in [0.717, 1.165) is 16.7 Å². The Balaban J connectivity index is 1.77. The Labute approximate surface area is 170 Å². The summed E-state index contributed by atoms with van der Waals surface area (Å²) in [4.78, 5) is 11.4. The number of fused-ring (bicyclic) bond motifs is 1. The Kier molecular flexibility index (Phi) is 5.11. The Morgan fingerprint density at radius 1 is 0.931 bits per heavy atom. The molecule has 1 unspecified atom stereocenters. The van der Waals surface area contributed by atoms with E-state index >= 15 is 0 Å². The summed E-state index contributed by atoms with van der Waals surface area (Å²) in [6.45, 7) is 0.248. The Morgan fingerprint density at radius 3 is 2.24 bits per heavy atom. The normalized spacial score (nSPS) is 15.9. The molecular formula is C23H21NO4S. The second-order valence-electron chi connectivity index (χ2n) is 7.12. The van der Waals surface area contributed by atoms with Gasteiger partial charge in [-0.1, -0.05) is 54.6 Å². The molecule has 0 fully saturated rings. The van der Waals surface area contributed by atoms with E-state index in [1.807, 2.05) is 48.5 Å². The van der Waals surface area contributed by atoms with Crippen molar-refractivity contribution < 1.29 is 18.3 Å². The number of hydrogen-bond donors (Lipinski definition) is 1. The number of benzene rings is 3. The summed E-state index contributed by atoms with van der Waals surface area (Å²) >= 11 is 0. The molecule has 0 saturated heterocycles. The van der Waals surface area contributed by atoms with Crippen LogP contribution in [0.15, 0.2) is 83.8 Å². The van der Waals surface area contributed by atoms with Crippen molar-refractivity contribution in [3.05, 3.63) is 84.4 Å². The number of anilines is 1. The number of carboxylic acid groups (broad SMARTS) is 1. The zero-order chi connectivity index (χ0) is 20.4. The fourth-order valence-electron chi connectivity index (χ4n) is 3.81. The lowest BCUT2D eigenvalue weighted by Gasteiger charge is -2.20. The van der Waals surface area contributed by atoms with Crippen LogP contribution in [0.5, 0.6) is 0 Å². The molecule has 0 saturated carbocycles. The number of rotatable bonds is 6. The number of aliphatic carboxylic acids is 1. The van der Waals surface area contributed by atoms with Crippen LogP contribution in [0, 0.1) is 0 Å². The number of nitrogens with zero attached hydrogens (tertiary/aromatic N) is 1. The minimum Gasteiger partial charge on any atom is -0.481 e. The van der Waals surface area contributed by atoms with E-state index in [0.29, 0.717) is 12.1 Å². The molecule has 1 atom stereocenters. The molecule has 6 heteroatoms. The van der Waals surface area contributed by atoms with E-state index in [-0.39, 0.29) is 23.8 Å². The molecule has 1 N–H and O–H groups in total. The third-order valence-electron chi connectivity index (χ3n) is 5.27.